The first-order valence-electron chi connectivity index (χ1n) is 9.12. The van der Waals surface area contributed by atoms with Gasteiger partial charge in [-0.3, -0.25) is 4.79 Å². The number of hydrogen-bond acceptors (Lipinski definition) is 3. The van der Waals surface area contributed by atoms with Crippen LogP contribution >= 0.6 is 0 Å². The molecule has 3 aromatic rings. The minimum Gasteiger partial charge on any atom is -0.471 e. The summed E-state index contributed by atoms with van der Waals surface area (Å²) < 4.78 is 83.6. The lowest BCUT2D eigenvalue weighted by molar-refractivity contribution is -0.143. The number of rotatable bonds is 3. The molecule has 4 nitrogen and oxygen atoms in total. The molecule has 31 heavy (non-hydrogen) atoms. The lowest BCUT2D eigenvalue weighted by Crippen LogP contribution is -2.56. The van der Waals surface area contributed by atoms with E-state index in [1.807, 2.05) is 18.2 Å². The molecule has 0 saturated carbocycles. The van der Waals surface area contributed by atoms with E-state index >= 15 is 0 Å². The summed E-state index contributed by atoms with van der Waals surface area (Å²) in [6.07, 6.45) is -10.5. The van der Waals surface area contributed by atoms with Crippen LogP contribution < -0.4 is 4.74 Å². The quantitative estimate of drug-likeness (QED) is 0.528. The molecular weight excluding hydrogens is 426 g/mol. The van der Waals surface area contributed by atoms with Crippen molar-refractivity contribution >= 4 is 16.8 Å². The number of ether oxygens (including phenoxy) is 1. The number of benzene rings is 2. The fourth-order valence-corrected chi connectivity index (χ4v) is 3.22. The standard InChI is InChI=1S/C21H14F6N2O2/c22-20(23,24)14-7-13(8-15(9-14)21(25,26)27)19(30)29-10-16(11-29)31-18-6-5-12-3-1-2-4-17(12)28-18/h1-9,16H,10-11H2. The maximum Gasteiger partial charge on any atom is 0.416 e. The number of hydrogen-bond donors (Lipinski definition) is 0. The van der Waals surface area contributed by atoms with E-state index in [1.165, 1.54) is 0 Å². The number of aromatic nitrogens is 1. The van der Waals surface area contributed by atoms with Crippen LogP contribution in [0.5, 0.6) is 5.88 Å². The number of pyridine rings is 1. The molecule has 0 radical (unpaired) electrons. The summed E-state index contributed by atoms with van der Waals surface area (Å²) in [7, 11) is 0. The Morgan fingerprint density at radius 2 is 1.52 bits per heavy atom. The molecule has 2 aromatic carbocycles. The molecule has 0 spiro atoms. The van der Waals surface area contributed by atoms with Gasteiger partial charge in [-0.2, -0.15) is 26.3 Å². The minimum absolute atomic E-state index is 0.00973. The molecule has 1 fully saturated rings. The number of carbonyl (C=O) groups excluding carboxylic acids is 1. The molecule has 4 rings (SSSR count). The van der Waals surface area contributed by atoms with E-state index in [1.54, 1.807) is 18.2 Å². The first-order valence-corrected chi connectivity index (χ1v) is 9.12. The lowest BCUT2D eigenvalue weighted by atomic mass is 10.0. The number of nitrogens with zero attached hydrogens (tertiary/aromatic N) is 2. The van der Waals surface area contributed by atoms with Crippen molar-refractivity contribution in [2.75, 3.05) is 13.1 Å². The maximum atomic E-state index is 13.0. The van der Waals surface area contributed by atoms with Crippen LogP contribution in [0, 0.1) is 0 Å². The number of amides is 1. The molecule has 0 N–H and O–H groups in total. The fraction of sp³-hybridized carbons (Fsp3) is 0.238. The molecule has 1 aromatic heterocycles. The highest BCUT2D eigenvalue weighted by molar-refractivity contribution is 5.95. The predicted octanol–water partition coefficient (Wildman–Crippen LogP) is 5.18. The van der Waals surface area contributed by atoms with Crippen LogP contribution in [0.1, 0.15) is 21.5 Å². The SMILES string of the molecule is O=C(c1cc(C(F)(F)F)cc(C(F)(F)F)c1)N1CC(Oc2ccc3ccccc3n2)C1. The van der Waals surface area contributed by atoms with E-state index in [2.05, 4.69) is 4.98 Å². The summed E-state index contributed by atoms with van der Waals surface area (Å²) in [6.45, 7) is 0.0376. The molecular formula is C21H14F6N2O2. The zero-order valence-electron chi connectivity index (χ0n) is 15.7. The highest BCUT2D eigenvalue weighted by Gasteiger charge is 2.39. The van der Waals surface area contributed by atoms with Crippen LogP contribution in [0.15, 0.2) is 54.6 Å². The number of likely N-dealkylation sites (tertiary alicyclic amines) is 1. The summed E-state index contributed by atoms with van der Waals surface area (Å²) in [6, 6.07) is 11.6. The topological polar surface area (TPSA) is 42.4 Å². The van der Waals surface area contributed by atoms with Gasteiger partial charge in [0.05, 0.1) is 29.7 Å². The van der Waals surface area contributed by atoms with Gasteiger partial charge in [-0.05, 0) is 30.3 Å². The average Bonchev–Trinajstić information content (AvgIpc) is 2.68. The van der Waals surface area contributed by atoms with E-state index < -0.39 is 41.1 Å². The summed E-state index contributed by atoms with van der Waals surface area (Å²) in [5, 5.41) is 0.908. The van der Waals surface area contributed by atoms with E-state index in [9.17, 15) is 31.1 Å². The summed E-state index contributed by atoms with van der Waals surface area (Å²) in [5.74, 6) is -0.614. The zero-order chi connectivity index (χ0) is 22.4. The first-order chi connectivity index (χ1) is 14.5. The Balaban J connectivity index is 1.47. The second kappa shape index (κ2) is 7.44. The van der Waals surface area contributed by atoms with Gasteiger partial charge in [0.2, 0.25) is 5.88 Å². The zero-order valence-corrected chi connectivity index (χ0v) is 15.7. The van der Waals surface area contributed by atoms with E-state index in [-0.39, 0.29) is 19.2 Å². The number of para-hydroxylation sites is 1. The Kier molecular flexibility index (Phi) is 5.03. The number of halogens is 6. The smallest absolute Gasteiger partial charge is 0.416 e. The van der Waals surface area contributed by atoms with Crippen molar-refractivity contribution in [1.29, 1.82) is 0 Å². The summed E-state index contributed by atoms with van der Waals surface area (Å²) in [5.41, 5.74) is -3.03. The van der Waals surface area contributed by atoms with Crippen molar-refractivity contribution in [3.63, 3.8) is 0 Å². The van der Waals surface area contributed by atoms with Crippen molar-refractivity contribution in [2.24, 2.45) is 0 Å². The van der Waals surface area contributed by atoms with Gasteiger partial charge in [0, 0.05) is 17.0 Å². The van der Waals surface area contributed by atoms with Gasteiger partial charge >= 0.3 is 12.4 Å². The molecule has 1 saturated heterocycles. The molecule has 0 aliphatic carbocycles. The fourth-order valence-electron chi connectivity index (χ4n) is 3.22. The van der Waals surface area contributed by atoms with Crippen LogP contribution in [0.25, 0.3) is 10.9 Å². The van der Waals surface area contributed by atoms with Crippen molar-refractivity contribution in [3.05, 3.63) is 71.3 Å². The second-order valence-corrected chi connectivity index (χ2v) is 7.09. The second-order valence-electron chi connectivity index (χ2n) is 7.09. The predicted molar refractivity (Wildman–Crippen MR) is 98.5 cm³/mol. The van der Waals surface area contributed by atoms with Gasteiger partial charge < -0.3 is 9.64 Å². The molecule has 1 amide bonds. The Labute approximate surface area is 172 Å². The van der Waals surface area contributed by atoms with Crippen LogP contribution in [-0.4, -0.2) is 35.0 Å². The molecule has 0 atom stereocenters. The van der Waals surface area contributed by atoms with Crippen molar-refractivity contribution < 1.29 is 35.9 Å². The molecule has 0 unspecified atom stereocenters. The largest absolute Gasteiger partial charge is 0.471 e. The normalized spacial score (nSPS) is 15.1. The molecule has 1 aliphatic heterocycles. The Hall–Kier alpha value is -3.30. The van der Waals surface area contributed by atoms with Crippen LogP contribution in [0.2, 0.25) is 0 Å². The van der Waals surface area contributed by atoms with Crippen LogP contribution in [0.4, 0.5) is 26.3 Å². The third kappa shape index (κ3) is 4.42. The number of carbonyl (C=O) groups is 1. The van der Waals surface area contributed by atoms with E-state index in [0.29, 0.717) is 23.5 Å². The Morgan fingerprint density at radius 3 is 2.13 bits per heavy atom. The Morgan fingerprint density at radius 1 is 0.903 bits per heavy atom. The van der Waals surface area contributed by atoms with Crippen LogP contribution in [0.3, 0.4) is 0 Å². The van der Waals surface area contributed by atoms with Crippen molar-refractivity contribution in [2.45, 2.75) is 18.5 Å². The first kappa shape index (κ1) is 21.0. The van der Waals surface area contributed by atoms with E-state index in [0.717, 1.165) is 10.3 Å². The minimum atomic E-state index is -5.02. The molecule has 0 bridgehead atoms. The highest BCUT2D eigenvalue weighted by Crippen LogP contribution is 2.36. The van der Waals surface area contributed by atoms with Gasteiger partial charge in [-0.1, -0.05) is 18.2 Å². The number of alkyl halides is 6. The highest BCUT2D eigenvalue weighted by atomic mass is 19.4. The van der Waals surface area contributed by atoms with Gasteiger partial charge in [-0.25, -0.2) is 4.98 Å². The molecule has 1 aliphatic rings. The Bertz CT molecular complexity index is 1100. The van der Waals surface area contributed by atoms with Gasteiger partial charge in [0.1, 0.15) is 6.10 Å². The lowest BCUT2D eigenvalue weighted by Gasteiger charge is -2.38. The molecule has 2 heterocycles. The van der Waals surface area contributed by atoms with Gasteiger partial charge in [0.25, 0.3) is 5.91 Å². The summed E-state index contributed by atoms with van der Waals surface area (Å²) in [4.78, 5) is 17.9. The third-order valence-electron chi connectivity index (χ3n) is 4.83. The van der Waals surface area contributed by atoms with Gasteiger partial charge in [-0.15, -0.1) is 0 Å². The van der Waals surface area contributed by atoms with Crippen LogP contribution in [-0.2, 0) is 12.4 Å². The summed E-state index contributed by atoms with van der Waals surface area (Å²) >= 11 is 0. The number of fused-ring (bicyclic) bond motifs is 1. The van der Waals surface area contributed by atoms with Gasteiger partial charge in [0.15, 0.2) is 0 Å². The maximum absolute atomic E-state index is 13.0. The van der Waals surface area contributed by atoms with Crippen molar-refractivity contribution in [3.8, 4) is 5.88 Å². The van der Waals surface area contributed by atoms with Crippen molar-refractivity contribution in [1.82, 2.24) is 9.88 Å². The molecule has 162 valence electrons. The molecule has 10 heteroatoms. The monoisotopic (exact) mass is 440 g/mol. The van der Waals surface area contributed by atoms with E-state index in [4.69, 9.17) is 4.74 Å². The average molecular weight is 440 g/mol. The third-order valence-corrected chi connectivity index (χ3v) is 4.83.